The van der Waals surface area contributed by atoms with Crippen LogP contribution in [0.1, 0.15) is 26.3 Å². The Morgan fingerprint density at radius 2 is 1.75 bits per heavy atom. The molecular weight excluding hydrogens is 274 g/mol. The summed E-state index contributed by atoms with van der Waals surface area (Å²) in [5.74, 6) is 0.0339. The van der Waals surface area contributed by atoms with Crippen LogP contribution in [0, 0.1) is 0 Å². The van der Waals surface area contributed by atoms with Crippen LogP contribution < -0.4 is 5.32 Å². The van der Waals surface area contributed by atoms with E-state index in [1.54, 1.807) is 26.3 Å². The molecule has 1 aromatic carbocycles. The molecule has 4 nitrogen and oxygen atoms in total. The molecule has 1 unspecified atom stereocenters. The molecule has 1 rings (SSSR count). The summed E-state index contributed by atoms with van der Waals surface area (Å²) in [6.45, 7) is 6.68. The molecule has 0 amide bonds. The van der Waals surface area contributed by atoms with Crippen LogP contribution in [0.5, 0.6) is 0 Å². The van der Waals surface area contributed by atoms with Gasteiger partial charge in [0.25, 0.3) is 0 Å². The van der Waals surface area contributed by atoms with Crippen LogP contribution >= 0.6 is 0 Å². The molecule has 0 fully saturated rings. The molecule has 114 valence electrons. The highest BCUT2D eigenvalue weighted by Crippen LogP contribution is 2.23. The first kappa shape index (κ1) is 17.1. The number of likely N-dealkylation sites (N-methyl/N-ethyl adjacent to an activating group) is 1. The zero-order valence-electron chi connectivity index (χ0n) is 12.9. The quantitative estimate of drug-likeness (QED) is 0.873. The predicted molar refractivity (Wildman–Crippen MR) is 81.9 cm³/mol. The average Bonchev–Trinajstić information content (AvgIpc) is 2.37. The van der Waals surface area contributed by atoms with Gasteiger partial charge in [-0.3, -0.25) is 0 Å². The van der Waals surface area contributed by atoms with Gasteiger partial charge in [0.2, 0.25) is 0 Å². The maximum absolute atomic E-state index is 12.3. The fourth-order valence-electron chi connectivity index (χ4n) is 1.94. The van der Waals surface area contributed by atoms with Gasteiger partial charge in [0.15, 0.2) is 9.84 Å². The van der Waals surface area contributed by atoms with Crippen molar-refractivity contribution in [2.45, 2.75) is 37.1 Å². The molecule has 0 aliphatic heterocycles. The van der Waals surface area contributed by atoms with Gasteiger partial charge in [-0.2, -0.15) is 0 Å². The first-order valence-corrected chi connectivity index (χ1v) is 8.35. The Morgan fingerprint density at radius 3 is 2.15 bits per heavy atom. The second kappa shape index (κ2) is 6.70. The lowest BCUT2D eigenvalue weighted by atomic mass is 9.87. The van der Waals surface area contributed by atoms with Crippen LogP contribution in [0.2, 0.25) is 0 Å². The van der Waals surface area contributed by atoms with Crippen molar-refractivity contribution in [3.63, 3.8) is 0 Å². The minimum absolute atomic E-state index is 0.0197. The van der Waals surface area contributed by atoms with Crippen molar-refractivity contribution < 1.29 is 13.2 Å². The summed E-state index contributed by atoms with van der Waals surface area (Å²) in [7, 11) is 0.00402. The molecule has 0 radical (unpaired) electrons. The van der Waals surface area contributed by atoms with E-state index in [4.69, 9.17) is 4.74 Å². The van der Waals surface area contributed by atoms with Crippen LogP contribution in [0.4, 0.5) is 0 Å². The summed E-state index contributed by atoms with van der Waals surface area (Å²) in [5, 5.41) is 2.96. The van der Waals surface area contributed by atoms with Crippen molar-refractivity contribution in [3.8, 4) is 0 Å². The van der Waals surface area contributed by atoms with Gasteiger partial charge in [0, 0.05) is 13.2 Å². The highest BCUT2D eigenvalue weighted by Gasteiger charge is 2.21. The van der Waals surface area contributed by atoms with E-state index in [1.807, 2.05) is 12.1 Å². The summed E-state index contributed by atoms with van der Waals surface area (Å²) >= 11 is 0. The zero-order valence-corrected chi connectivity index (χ0v) is 13.8. The zero-order chi connectivity index (χ0) is 15.4. The van der Waals surface area contributed by atoms with Gasteiger partial charge in [-0.1, -0.05) is 32.9 Å². The van der Waals surface area contributed by atoms with E-state index in [9.17, 15) is 8.42 Å². The number of benzene rings is 1. The lowest BCUT2D eigenvalue weighted by Crippen LogP contribution is -2.36. The molecule has 0 aliphatic carbocycles. The number of rotatable bonds is 6. The van der Waals surface area contributed by atoms with Crippen molar-refractivity contribution in [1.29, 1.82) is 0 Å². The number of hydrogen-bond acceptors (Lipinski definition) is 4. The number of ether oxygens (including phenoxy) is 1. The molecule has 0 saturated carbocycles. The first-order valence-electron chi connectivity index (χ1n) is 6.70. The largest absolute Gasteiger partial charge is 0.383 e. The Labute approximate surface area is 122 Å². The minimum Gasteiger partial charge on any atom is -0.383 e. The van der Waals surface area contributed by atoms with Crippen LogP contribution in [0.25, 0.3) is 0 Å². The molecule has 1 N–H and O–H groups in total. The molecule has 1 atom stereocenters. The van der Waals surface area contributed by atoms with Gasteiger partial charge in [-0.25, -0.2) is 8.42 Å². The van der Waals surface area contributed by atoms with Crippen LogP contribution in [-0.4, -0.2) is 41.0 Å². The van der Waals surface area contributed by atoms with E-state index in [-0.39, 0.29) is 17.2 Å². The van der Waals surface area contributed by atoms with Crippen LogP contribution in [-0.2, 0) is 20.0 Å². The summed E-state index contributed by atoms with van der Waals surface area (Å²) < 4.78 is 29.7. The fraction of sp³-hybridized carbons (Fsp3) is 0.600. The number of sulfone groups is 1. The molecule has 0 aromatic heterocycles. The van der Waals surface area contributed by atoms with Crippen molar-refractivity contribution in [2.75, 3.05) is 26.5 Å². The Bertz CT molecular complexity index is 515. The van der Waals surface area contributed by atoms with Gasteiger partial charge in [-0.15, -0.1) is 0 Å². The highest BCUT2D eigenvalue weighted by atomic mass is 32.2. The third-order valence-electron chi connectivity index (χ3n) is 3.28. The van der Waals surface area contributed by atoms with E-state index in [1.165, 1.54) is 0 Å². The molecule has 1 aromatic rings. The first-order chi connectivity index (χ1) is 9.20. The number of hydrogen-bond donors (Lipinski definition) is 1. The predicted octanol–water partition coefficient (Wildman–Crippen LogP) is 1.99. The van der Waals surface area contributed by atoms with Gasteiger partial charge >= 0.3 is 0 Å². The van der Waals surface area contributed by atoms with Gasteiger partial charge < -0.3 is 10.1 Å². The fourth-order valence-corrected chi connectivity index (χ4v) is 3.48. The third kappa shape index (κ3) is 4.58. The number of nitrogens with one attached hydrogen (secondary N) is 1. The Kier molecular flexibility index (Phi) is 5.74. The SMILES string of the molecule is CNC(COC)CS(=O)(=O)c1ccc(C(C)(C)C)cc1. The molecule has 0 saturated heterocycles. The Hall–Kier alpha value is -0.910. The molecule has 0 heterocycles. The molecular formula is C15H25NO3S. The highest BCUT2D eigenvalue weighted by molar-refractivity contribution is 7.91. The van der Waals surface area contributed by atoms with Gasteiger partial charge in [-0.05, 0) is 30.2 Å². The smallest absolute Gasteiger partial charge is 0.179 e. The molecule has 20 heavy (non-hydrogen) atoms. The summed E-state index contributed by atoms with van der Waals surface area (Å²) in [4.78, 5) is 0.363. The Morgan fingerprint density at radius 1 is 1.20 bits per heavy atom. The van der Waals surface area contributed by atoms with Crippen molar-refractivity contribution in [1.82, 2.24) is 5.32 Å². The normalized spacial score (nSPS) is 14.2. The maximum Gasteiger partial charge on any atom is 0.179 e. The average molecular weight is 299 g/mol. The van der Waals surface area contributed by atoms with E-state index >= 15 is 0 Å². The Balaban J connectivity index is 2.93. The van der Waals surface area contributed by atoms with E-state index in [0.29, 0.717) is 11.5 Å². The topological polar surface area (TPSA) is 55.4 Å². The second-order valence-corrected chi connectivity index (χ2v) is 8.03. The van der Waals surface area contributed by atoms with E-state index in [2.05, 4.69) is 26.1 Å². The van der Waals surface area contributed by atoms with E-state index < -0.39 is 9.84 Å². The summed E-state index contributed by atoms with van der Waals surface area (Å²) in [5.41, 5.74) is 1.14. The summed E-state index contributed by atoms with van der Waals surface area (Å²) in [6, 6.07) is 6.95. The molecule has 0 aliphatic rings. The van der Waals surface area contributed by atoms with Crippen LogP contribution in [0.15, 0.2) is 29.2 Å². The van der Waals surface area contributed by atoms with Crippen molar-refractivity contribution >= 4 is 9.84 Å². The van der Waals surface area contributed by atoms with Crippen molar-refractivity contribution in [2.24, 2.45) is 0 Å². The number of methoxy groups -OCH3 is 1. The lowest BCUT2D eigenvalue weighted by Gasteiger charge is -2.19. The molecule has 0 spiro atoms. The third-order valence-corrected chi connectivity index (χ3v) is 5.11. The lowest BCUT2D eigenvalue weighted by molar-refractivity contribution is 0.176. The van der Waals surface area contributed by atoms with Gasteiger partial charge in [0.05, 0.1) is 17.3 Å². The van der Waals surface area contributed by atoms with E-state index in [0.717, 1.165) is 5.56 Å². The van der Waals surface area contributed by atoms with Crippen molar-refractivity contribution in [3.05, 3.63) is 29.8 Å². The molecule has 5 heteroatoms. The maximum atomic E-state index is 12.3. The van der Waals surface area contributed by atoms with Crippen LogP contribution in [0.3, 0.4) is 0 Å². The minimum atomic E-state index is -3.30. The standard InChI is InChI=1S/C15H25NO3S/c1-15(2,3)12-6-8-14(9-7-12)20(17,18)11-13(16-4)10-19-5/h6-9,13,16H,10-11H2,1-5H3. The second-order valence-electron chi connectivity index (χ2n) is 6.00. The summed E-state index contributed by atoms with van der Waals surface area (Å²) in [6.07, 6.45) is 0. The van der Waals surface area contributed by atoms with Gasteiger partial charge in [0.1, 0.15) is 0 Å². The monoisotopic (exact) mass is 299 g/mol. The molecule has 0 bridgehead atoms.